The largest absolute Gasteiger partial charge is 0.416 e. The fraction of sp³-hybridized carbons (Fsp3) is 0.500. The lowest BCUT2D eigenvalue weighted by Gasteiger charge is -2.34. The Morgan fingerprint density at radius 3 is 2.66 bits per heavy atom. The van der Waals surface area contributed by atoms with Crippen LogP contribution in [-0.2, 0) is 6.18 Å². The van der Waals surface area contributed by atoms with E-state index >= 15 is 0 Å². The van der Waals surface area contributed by atoms with Crippen LogP contribution in [0.2, 0.25) is 0 Å². The molecule has 4 nitrogen and oxygen atoms in total. The van der Waals surface area contributed by atoms with Crippen LogP contribution < -0.4 is 5.73 Å². The molecule has 0 spiro atoms. The first-order valence-electron chi connectivity index (χ1n) is 9.58. The van der Waals surface area contributed by atoms with Crippen molar-refractivity contribution in [1.82, 2.24) is 9.88 Å². The third-order valence-corrected chi connectivity index (χ3v) is 6.65. The molecular formula is C20H23ClF3N3OS. The zero-order chi connectivity index (χ0) is 19.9. The Labute approximate surface area is 177 Å². The van der Waals surface area contributed by atoms with E-state index in [1.807, 2.05) is 0 Å². The number of carbonyl (C=O) groups is 1. The number of halogens is 4. The highest BCUT2D eigenvalue weighted by Gasteiger charge is 2.35. The first-order chi connectivity index (χ1) is 13.4. The number of amides is 1. The van der Waals surface area contributed by atoms with Crippen LogP contribution in [-0.4, -0.2) is 34.9 Å². The van der Waals surface area contributed by atoms with Crippen molar-refractivity contribution in [3.05, 3.63) is 40.5 Å². The quantitative estimate of drug-likeness (QED) is 0.713. The lowest BCUT2D eigenvalue weighted by molar-refractivity contribution is -0.137. The normalized spacial score (nSPS) is 19.7. The van der Waals surface area contributed by atoms with Gasteiger partial charge in [-0.05, 0) is 49.8 Å². The van der Waals surface area contributed by atoms with Gasteiger partial charge in [-0.2, -0.15) is 13.2 Å². The minimum atomic E-state index is -4.43. The lowest BCUT2D eigenvalue weighted by Crippen LogP contribution is -2.47. The Kier molecular flexibility index (Phi) is 6.55. The number of nitrogens with two attached hydrogens (primary N) is 1. The number of benzene rings is 1. The molecular weight excluding hydrogens is 423 g/mol. The van der Waals surface area contributed by atoms with E-state index in [4.69, 9.17) is 5.73 Å². The molecule has 29 heavy (non-hydrogen) atoms. The average Bonchev–Trinajstić information content (AvgIpc) is 3.45. The Bertz CT molecular complexity index is 882. The number of hydrogen-bond donors (Lipinski definition) is 1. The summed E-state index contributed by atoms with van der Waals surface area (Å²) in [5.41, 5.74) is 5.80. The molecule has 2 aliphatic rings. The topological polar surface area (TPSA) is 59.2 Å². The van der Waals surface area contributed by atoms with Crippen LogP contribution in [0.5, 0.6) is 0 Å². The van der Waals surface area contributed by atoms with Gasteiger partial charge in [0.1, 0.15) is 5.69 Å². The number of rotatable bonds is 4. The Morgan fingerprint density at radius 2 is 2.00 bits per heavy atom. The van der Waals surface area contributed by atoms with Gasteiger partial charge in [-0.3, -0.25) is 4.79 Å². The van der Waals surface area contributed by atoms with Gasteiger partial charge in [-0.1, -0.05) is 12.1 Å². The smallest absolute Gasteiger partial charge is 0.333 e. The molecule has 2 aromatic rings. The summed E-state index contributed by atoms with van der Waals surface area (Å²) in [4.78, 5) is 20.2. The Morgan fingerprint density at radius 1 is 1.24 bits per heavy atom. The summed E-state index contributed by atoms with van der Waals surface area (Å²) in [7, 11) is 0. The molecule has 1 saturated heterocycles. The van der Waals surface area contributed by atoms with E-state index in [0.717, 1.165) is 49.2 Å². The SMILES string of the molecule is Cl.NC[C@@H]1CCCCN1C(=O)c1nc(C2CC2)sc1-c1cccc(C(F)(F)F)c1. The van der Waals surface area contributed by atoms with Gasteiger partial charge in [-0.15, -0.1) is 23.7 Å². The van der Waals surface area contributed by atoms with Crippen molar-refractivity contribution in [3.63, 3.8) is 0 Å². The maximum Gasteiger partial charge on any atom is 0.416 e. The number of alkyl halides is 3. The fourth-order valence-corrected chi connectivity index (χ4v) is 4.89. The van der Waals surface area contributed by atoms with E-state index in [0.29, 0.717) is 29.4 Å². The zero-order valence-electron chi connectivity index (χ0n) is 15.7. The summed E-state index contributed by atoms with van der Waals surface area (Å²) < 4.78 is 39.5. The van der Waals surface area contributed by atoms with Crippen LogP contribution in [0.1, 0.15) is 59.1 Å². The summed E-state index contributed by atoms with van der Waals surface area (Å²) in [5.74, 6) is 0.105. The maximum absolute atomic E-state index is 13.3. The van der Waals surface area contributed by atoms with E-state index in [1.165, 1.54) is 17.4 Å². The minimum Gasteiger partial charge on any atom is -0.333 e. The van der Waals surface area contributed by atoms with Crippen LogP contribution in [0.15, 0.2) is 24.3 Å². The van der Waals surface area contributed by atoms with Gasteiger partial charge in [0.2, 0.25) is 0 Å². The van der Waals surface area contributed by atoms with Crippen LogP contribution in [0.3, 0.4) is 0 Å². The molecule has 9 heteroatoms. The van der Waals surface area contributed by atoms with Crippen molar-refractivity contribution in [2.24, 2.45) is 5.73 Å². The molecule has 2 N–H and O–H groups in total. The highest BCUT2D eigenvalue weighted by Crippen LogP contribution is 2.45. The maximum atomic E-state index is 13.3. The Balaban J connectivity index is 0.00000240. The zero-order valence-corrected chi connectivity index (χ0v) is 17.4. The summed E-state index contributed by atoms with van der Waals surface area (Å²) in [5, 5.41) is 0.845. The van der Waals surface area contributed by atoms with Gasteiger partial charge in [0.05, 0.1) is 15.4 Å². The van der Waals surface area contributed by atoms with Crippen molar-refractivity contribution in [2.75, 3.05) is 13.1 Å². The van der Waals surface area contributed by atoms with Crippen molar-refractivity contribution < 1.29 is 18.0 Å². The molecule has 4 rings (SSSR count). The third kappa shape index (κ3) is 4.59. The standard InChI is InChI=1S/C20H22F3N3OS.ClH/c21-20(22,23)14-5-3-4-13(10-14)17-16(25-18(28-17)12-7-8-12)19(27)26-9-2-1-6-15(26)11-24;/h3-5,10,12,15H,1-2,6-9,11,24H2;1H/t15-;/m0./s1. The third-order valence-electron chi connectivity index (χ3n) is 5.39. The van der Waals surface area contributed by atoms with Gasteiger partial charge in [0.25, 0.3) is 5.91 Å². The lowest BCUT2D eigenvalue weighted by atomic mass is 10.0. The number of piperidine rings is 1. The first-order valence-corrected chi connectivity index (χ1v) is 10.4. The molecule has 1 saturated carbocycles. The van der Waals surface area contributed by atoms with Crippen molar-refractivity contribution in [3.8, 4) is 10.4 Å². The number of likely N-dealkylation sites (tertiary alicyclic amines) is 1. The van der Waals surface area contributed by atoms with Gasteiger partial charge < -0.3 is 10.6 Å². The summed E-state index contributed by atoms with van der Waals surface area (Å²) in [6, 6.07) is 5.11. The summed E-state index contributed by atoms with van der Waals surface area (Å²) in [6.07, 6.45) is 0.371. The number of thiazole rings is 1. The predicted molar refractivity (Wildman–Crippen MR) is 110 cm³/mol. The van der Waals surface area contributed by atoms with E-state index in [-0.39, 0.29) is 30.0 Å². The number of aromatic nitrogens is 1. The second kappa shape index (κ2) is 8.62. The molecule has 1 aromatic heterocycles. The monoisotopic (exact) mass is 445 g/mol. The van der Waals surface area contributed by atoms with E-state index in [1.54, 1.807) is 11.0 Å². The first kappa shape index (κ1) is 22.1. The van der Waals surface area contributed by atoms with Crippen LogP contribution in [0, 0.1) is 0 Å². The highest BCUT2D eigenvalue weighted by molar-refractivity contribution is 7.15. The molecule has 0 bridgehead atoms. The minimum absolute atomic E-state index is 0. The number of nitrogens with zero attached hydrogens (tertiary/aromatic N) is 2. The van der Waals surface area contributed by atoms with E-state index in [9.17, 15) is 18.0 Å². The summed E-state index contributed by atoms with van der Waals surface area (Å²) >= 11 is 1.35. The van der Waals surface area contributed by atoms with Gasteiger partial charge in [0.15, 0.2) is 0 Å². The number of hydrogen-bond acceptors (Lipinski definition) is 4. The van der Waals surface area contributed by atoms with Crippen molar-refractivity contribution >= 4 is 29.7 Å². The molecule has 1 aliphatic heterocycles. The van der Waals surface area contributed by atoms with Crippen LogP contribution >= 0.6 is 23.7 Å². The van der Waals surface area contributed by atoms with Crippen LogP contribution in [0.4, 0.5) is 13.2 Å². The second-order valence-electron chi connectivity index (χ2n) is 7.47. The van der Waals surface area contributed by atoms with E-state index in [2.05, 4.69) is 4.98 Å². The molecule has 158 valence electrons. The molecule has 2 fully saturated rings. The fourth-order valence-electron chi connectivity index (χ4n) is 3.67. The summed E-state index contributed by atoms with van der Waals surface area (Å²) in [6.45, 7) is 0.989. The molecule has 0 radical (unpaired) electrons. The average molecular weight is 446 g/mol. The predicted octanol–water partition coefficient (Wildman–Crippen LogP) is 5.08. The van der Waals surface area contributed by atoms with Gasteiger partial charge in [0, 0.05) is 25.0 Å². The van der Waals surface area contributed by atoms with E-state index < -0.39 is 11.7 Å². The van der Waals surface area contributed by atoms with Crippen LogP contribution in [0.25, 0.3) is 10.4 Å². The Hall–Kier alpha value is -1.64. The van der Waals surface area contributed by atoms with Crippen molar-refractivity contribution in [2.45, 2.75) is 50.2 Å². The second-order valence-corrected chi connectivity index (χ2v) is 8.50. The number of carbonyl (C=O) groups excluding carboxylic acids is 1. The molecule has 1 aliphatic carbocycles. The molecule has 1 aromatic carbocycles. The molecule has 2 heterocycles. The van der Waals surface area contributed by atoms with Gasteiger partial charge in [-0.25, -0.2) is 4.98 Å². The molecule has 1 atom stereocenters. The molecule has 1 amide bonds. The molecule has 0 unspecified atom stereocenters. The van der Waals surface area contributed by atoms with Gasteiger partial charge >= 0.3 is 6.18 Å². The van der Waals surface area contributed by atoms with Crippen molar-refractivity contribution in [1.29, 1.82) is 0 Å². The highest BCUT2D eigenvalue weighted by atomic mass is 35.5.